The maximum Gasteiger partial charge on any atom is 0.147 e. The van der Waals surface area contributed by atoms with Crippen LogP contribution in [0.25, 0.3) is 0 Å². The third-order valence-electron chi connectivity index (χ3n) is 2.45. The van der Waals surface area contributed by atoms with Gasteiger partial charge in [0.05, 0.1) is 20.6 Å². The van der Waals surface area contributed by atoms with Crippen molar-refractivity contribution in [2.75, 3.05) is 0 Å². The molecule has 0 heterocycles. The molecule has 2 rings (SSSR count). The topological polar surface area (TPSA) is 33.0 Å². The highest BCUT2D eigenvalue weighted by Crippen LogP contribution is 2.37. The van der Waals surface area contributed by atoms with Crippen molar-refractivity contribution in [2.45, 2.75) is 6.92 Å². The van der Waals surface area contributed by atoms with E-state index in [-0.39, 0.29) is 0 Å². The molecule has 0 aromatic heterocycles. The monoisotopic (exact) mass is 311 g/mol. The molecule has 0 aliphatic rings. The average Bonchev–Trinajstić information content (AvgIpc) is 2.36. The molecule has 5 heteroatoms. The molecular formula is C14H8Cl3NO. The third kappa shape index (κ3) is 3.13. The quantitative estimate of drug-likeness (QED) is 0.674. The molecule has 0 aliphatic carbocycles. The number of benzene rings is 2. The van der Waals surface area contributed by atoms with E-state index < -0.39 is 0 Å². The highest BCUT2D eigenvalue weighted by atomic mass is 35.5. The summed E-state index contributed by atoms with van der Waals surface area (Å²) in [6.45, 7) is 1.91. The fourth-order valence-electron chi connectivity index (χ4n) is 1.51. The normalized spacial score (nSPS) is 10.1. The summed E-state index contributed by atoms with van der Waals surface area (Å²) in [6.07, 6.45) is 0. The fourth-order valence-corrected chi connectivity index (χ4v) is 2.08. The van der Waals surface area contributed by atoms with E-state index in [0.29, 0.717) is 32.1 Å². The van der Waals surface area contributed by atoms with Gasteiger partial charge in [0.15, 0.2) is 0 Å². The molecule has 19 heavy (non-hydrogen) atoms. The van der Waals surface area contributed by atoms with Crippen LogP contribution >= 0.6 is 34.8 Å². The van der Waals surface area contributed by atoms with E-state index in [1.54, 1.807) is 12.1 Å². The number of nitriles is 1. The Labute approximate surface area is 126 Å². The van der Waals surface area contributed by atoms with Crippen molar-refractivity contribution in [1.82, 2.24) is 0 Å². The maximum absolute atomic E-state index is 9.05. The summed E-state index contributed by atoms with van der Waals surface area (Å²) in [6, 6.07) is 10.4. The molecule has 0 N–H and O–H groups in total. The van der Waals surface area contributed by atoms with Crippen LogP contribution in [-0.2, 0) is 0 Å². The second-order valence-corrected chi connectivity index (χ2v) is 5.13. The number of nitrogens with zero attached hydrogens (tertiary/aromatic N) is 1. The standard InChI is InChI=1S/C14H8Cl3NO/c1-8-2-3-9(7-18)13(4-8)19-14-6-11(16)10(15)5-12(14)17/h2-6H,1H3. The van der Waals surface area contributed by atoms with Gasteiger partial charge in [-0.3, -0.25) is 0 Å². The summed E-state index contributed by atoms with van der Waals surface area (Å²) < 4.78 is 5.65. The van der Waals surface area contributed by atoms with E-state index in [1.807, 2.05) is 13.0 Å². The van der Waals surface area contributed by atoms with Crippen LogP contribution in [0.5, 0.6) is 11.5 Å². The molecule has 0 aliphatic heterocycles. The zero-order valence-corrected chi connectivity index (χ0v) is 12.1. The molecule has 0 fully saturated rings. The number of ether oxygens (including phenoxy) is 1. The number of aryl methyl sites for hydroxylation is 1. The van der Waals surface area contributed by atoms with Crippen LogP contribution in [-0.4, -0.2) is 0 Å². The van der Waals surface area contributed by atoms with Gasteiger partial charge < -0.3 is 4.74 Å². The van der Waals surface area contributed by atoms with E-state index >= 15 is 0 Å². The lowest BCUT2D eigenvalue weighted by Gasteiger charge is -2.10. The minimum Gasteiger partial charge on any atom is -0.454 e. The Bertz CT molecular complexity index is 677. The SMILES string of the molecule is Cc1ccc(C#N)c(Oc2cc(Cl)c(Cl)cc2Cl)c1. The third-order valence-corrected chi connectivity index (χ3v) is 3.47. The summed E-state index contributed by atoms with van der Waals surface area (Å²) in [5, 5.41) is 10.1. The molecule has 0 saturated heterocycles. The molecule has 0 saturated carbocycles. The van der Waals surface area contributed by atoms with Gasteiger partial charge in [-0.2, -0.15) is 5.26 Å². The predicted molar refractivity (Wildman–Crippen MR) is 77.4 cm³/mol. The van der Waals surface area contributed by atoms with Crippen molar-refractivity contribution in [3.8, 4) is 17.6 Å². The Morgan fingerprint density at radius 3 is 2.32 bits per heavy atom. The molecule has 0 spiro atoms. The second-order valence-electron chi connectivity index (χ2n) is 3.91. The average molecular weight is 313 g/mol. The molecule has 0 bridgehead atoms. The van der Waals surface area contributed by atoms with Crippen LogP contribution in [0, 0.1) is 18.3 Å². The number of hydrogen-bond donors (Lipinski definition) is 0. The maximum atomic E-state index is 9.05. The first-order chi connectivity index (χ1) is 9.01. The van der Waals surface area contributed by atoms with Gasteiger partial charge in [0.1, 0.15) is 17.6 Å². The predicted octanol–water partition coefficient (Wildman–Crippen LogP) is 5.62. The molecule has 96 valence electrons. The summed E-state index contributed by atoms with van der Waals surface area (Å²) in [4.78, 5) is 0. The van der Waals surface area contributed by atoms with E-state index in [2.05, 4.69) is 6.07 Å². The van der Waals surface area contributed by atoms with Crippen LogP contribution in [0.2, 0.25) is 15.1 Å². The van der Waals surface area contributed by atoms with Gasteiger partial charge in [-0.05, 0) is 30.7 Å². The summed E-state index contributed by atoms with van der Waals surface area (Å²) in [5.74, 6) is 0.793. The first kappa shape index (κ1) is 14.0. The van der Waals surface area contributed by atoms with Gasteiger partial charge in [0.25, 0.3) is 0 Å². The Hall–Kier alpha value is -1.40. The molecule has 0 radical (unpaired) electrons. The first-order valence-corrected chi connectivity index (χ1v) is 6.48. The molecule has 0 amide bonds. The van der Waals surface area contributed by atoms with Crippen LogP contribution in [0.1, 0.15) is 11.1 Å². The van der Waals surface area contributed by atoms with Crippen molar-refractivity contribution >= 4 is 34.8 Å². The summed E-state index contributed by atoms with van der Waals surface area (Å²) >= 11 is 17.8. The molecular weight excluding hydrogens is 305 g/mol. The van der Waals surface area contributed by atoms with E-state index in [9.17, 15) is 0 Å². The van der Waals surface area contributed by atoms with Gasteiger partial charge in [0, 0.05) is 6.07 Å². The van der Waals surface area contributed by atoms with Crippen LogP contribution in [0.3, 0.4) is 0 Å². The minimum absolute atomic E-state index is 0.333. The van der Waals surface area contributed by atoms with E-state index in [1.165, 1.54) is 12.1 Å². The van der Waals surface area contributed by atoms with Crippen molar-refractivity contribution in [1.29, 1.82) is 5.26 Å². The fraction of sp³-hybridized carbons (Fsp3) is 0.0714. The lowest BCUT2D eigenvalue weighted by Crippen LogP contribution is -1.90. The largest absolute Gasteiger partial charge is 0.454 e. The van der Waals surface area contributed by atoms with Crippen LogP contribution < -0.4 is 4.74 Å². The van der Waals surface area contributed by atoms with Crippen molar-refractivity contribution in [3.05, 3.63) is 56.5 Å². The van der Waals surface area contributed by atoms with Crippen molar-refractivity contribution < 1.29 is 4.74 Å². The molecule has 0 unspecified atom stereocenters. The second kappa shape index (κ2) is 5.71. The van der Waals surface area contributed by atoms with Crippen LogP contribution in [0.15, 0.2) is 30.3 Å². The molecule has 2 aromatic carbocycles. The van der Waals surface area contributed by atoms with Gasteiger partial charge in [-0.15, -0.1) is 0 Å². The summed E-state index contributed by atoms with van der Waals surface area (Å²) in [7, 11) is 0. The summed E-state index contributed by atoms with van der Waals surface area (Å²) in [5.41, 5.74) is 1.40. The van der Waals surface area contributed by atoms with Gasteiger partial charge in [0.2, 0.25) is 0 Å². The molecule has 0 atom stereocenters. The lowest BCUT2D eigenvalue weighted by atomic mass is 10.1. The van der Waals surface area contributed by atoms with Crippen molar-refractivity contribution in [3.63, 3.8) is 0 Å². The van der Waals surface area contributed by atoms with Gasteiger partial charge in [-0.1, -0.05) is 40.9 Å². The van der Waals surface area contributed by atoms with E-state index in [4.69, 9.17) is 44.8 Å². The zero-order chi connectivity index (χ0) is 14.0. The molecule has 2 nitrogen and oxygen atoms in total. The number of rotatable bonds is 2. The minimum atomic E-state index is 0.333. The van der Waals surface area contributed by atoms with Crippen LogP contribution in [0.4, 0.5) is 0 Å². The number of hydrogen-bond acceptors (Lipinski definition) is 2. The lowest BCUT2D eigenvalue weighted by molar-refractivity contribution is 0.481. The van der Waals surface area contributed by atoms with Crippen molar-refractivity contribution in [2.24, 2.45) is 0 Å². The zero-order valence-electron chi connectivity index (χ0n) is 9.88. The van der Waals surface area contributed by atoms with Gasteiger partial charge in [-0.25, -0.2) is 0 Å². The molecule has 2 aromatic rings. The Morgan fingerprint density at radius 2 is 1.63 bits per heavy atom. The van der Waals surface area contributed by atoms with E-state index in [0.717, 1.165) is 5.56 Å². The highest BCUT2D eigenvalue weighted by molar-refractivity contribution is 6.43. The Balaban J connectivity index is 2.45. The van der Waals surface area contributed by atoms with Gasteiger partial charge >= 0.3 is 0 Å². The number of halogens is 3. The Kier molecular flexibility index (Phi) is 4.21. The Morgan fingerprint density at radius 1 is 0.947 bits per heavy atom. The first-order valence-electron chi connectivity index (χ1n) is 5.34. The highest BCUT2D eigenvalue weighted by Gasteiger charge is 2.11. The smallest absolute Gasteiger partial charge is 0.147 e.